The highest BCUT2D eigenvalue weighted by atomic mass is 16.8. The fraction of sp³-hybridized carbons (Fsp3) is 0.920. The molecule has 406 valence electrons. The summed E-state index contributed by atoms with van der Waals surface area (Å²) in [5, 5.41) is 125. The molecule has 0 aromatic carbocycles. The van der Waals surface area contributed by atoms with E-state index in [1.807, 2.05) is 6.92 Å². The Balaban J connectivity index is 0.846. The van der Waals surface area contributed by atoms with Gasteiger partial charge in [-0.1, -0.05) is 32.4 Å². The normalized spacial score (nSPS) is 52.3. The van der Waals surface area contributed by atoms with Gasteiger partial charge in [0.05, 0.1) is 44.4 Å². The van der Waals surface area contributed by atoms with Crippen LogP contribution in [0.4, 0.5) is 0 Å². The van der Waals surface area contributed by atoms with Gasteiger partial charge in [0, 0.05) is 12.3 Å². The molecule has 71 heavy (non-hydrogen) atoms. The Morgan fingerprint density at radius 3 is 1.97 bits per heavy atom. The van der Waals surface area contributed by atoms with Crippen molar-refractivity contribution in [2.75, 3.05) is 26.4 Å². The van der Waals surface area contributed by atoms with E-state index in [1.165, 1.54) is 18.1 Å². The van der Waals surface area contributed by atoms with Gasteiger partial charge in [-0.3, -0.25) is 0 Å². The summed E-state index contributed by atoms with van der Waals surface area (Å²) >= 11 is 0. The van der Waals surface area contributed by atoms with E-state index in [9.17, 15) is 61.3 Å². The molecule has 5 heterocycles. The van der Waals surface area contributed by atoms with Crippen molar-refractivity contribution in [1.82, 2.24) is 0 Å². The molecule has 4 aliphatic carbocycles. The van der Waals surface area contributed by atoms with Crippen LogP contribution in [-0.2, 0) is 42.6 Å². The molecule has 21 heteroatoms. The highest BCUT2D eigenvalue weighted by molar-refractivity contribution is 5.30. The Morgan fingerprint density at radius 1 is 0.662 bits per heavy atom. The maximum absolute atomic E-state index is 12.0. The summed E-state index contributed by atoms with van der Waals surface area (Å²) in [4.78, 5) is 0. The van der Waals surface area contributed by atoms with Crippen molar-refractivity contribution in [2.24, 2.45) is 40.4 Å². The number of hydrogen-bond acceptors (Lipinski definition) is 21. The molecule has 4 saturated heterocycles. The van der Waals surface area contributed by atoms with Crippen LogP contribution in [0.2, 0.25) is 0 Å². The number of ether oxygens (including phenoxy) is 9. The van der Waals surface area contributed by atoms with Gasteiger partial charge in [-0.15, -0.1) is 0 Å². The average molecular weight is 1020 g/mol. The lowest BCUT2D eigenvalue weighted by atomic mass is 9.47. The summed E-state index contributed by atoms with van der Waals surface area (Å²) < 4.78 is 54.5. The zero-order chi connectivity index (χ0) is 51.0. The predicted molar refractivity (Wildman–Crippen MR) is 243 cm³/mol. The third kappa shape index (κ3) is 9.83. The molecule has 28 atom stereocenters. The van der Waals surface area contributed by atoms with Crippen molar-refractivity contribution in [3.05, 3.63) is 23.0 Å². The number of aliphatic hydroxyl groups is 12. The summed E-state index contributed by atoms with van der Waals surface area (Å²) in [6.45, 7) is 9.05. The van der Waals surface area contributed by atoms with Crippen LogP contribution in [0.3, 0.4) is 0 Å². The number of rotatable bonds is 15. The minimum Gasteiger partial charge on any atom is -0.494 e. The molecule has 0 unspecified atom stereocenters. The molecule has 7 fully saturated rings. The van der Waals surface area contributed by atoms with Gasteiger partial charge in [0.1, 0.15) is 91.6 Å². The molecule has 9 rings (SSSR count). The average Bonchev–Trinajstić information content (AvgIpc) is 3.95. The largest absolute Gasteiger partial charge is 0.494 e. The molecule has 3 saturated carbocycles. The van der Waals surface area contributed by atoms with Crippen LogP contribution in [0, 0.1) is 40.4 Å². The minimum absolute atomic E-state index is 0.0698. The molecule has 0 spiro atoms. The molecule has 0 bridgehead atoms. The molecule has 12 N–H and O–H groups in total. The Morgan fingerprint density at radius 2 is 1.27 bits per heavy atom. The minimum atomic E-state index is -1.73. The predicted octanol–water partition coefficient (Wildman–Crippen LogP) is -1.42. The van der Waals surface area contributed by atoms with Crippen molar-refractivity contribution < 1.29 is 104 Å². The van der Waals surface area contributed by atoms with Crippen molar-refractivity contribution in [2.45, 2.75) is 221 Å². The first kappa shape index (κ1) is 54.3. The summed E-state index contributed by atoms with van der Waals surface area (Å²) in [6, 6.07) is 0. The Bertz CT molecular complexity index is 1890. The standard InChI is InChI=1S/C50H80O21/c1-20(19-63-45-40(60)38(58)35(55)30(16-51)67-45)6-9-28-21(2)33-29(66-28)15-27-25-8-7-23-14-24(10-12-49(23,4)26(25)11-13-50(27,33)5)65-48-44(71-46-41(61)37(57)34(54)22(3)64-46)42(62)43(32(18-53)69-48)70-47-39(59)36(56)31(17-52)68-47/h7,20,22,24-27,29-48,51-62H,6,8-19H2,1-5H3/t20-,22+,24+,25-,26+,27+,29+,30-,31+,32-,33+,34+,35-,36+,37-,38+,39-,40-,41-,42+,43-,44-,45-,46+,47+,48-,49+,50+/m1/s1. The fourth-order valence-corrected chi connectivity index (χ4v) is 14.3. The summed E-state index contributed by atoms with van der Waals surface area (Å²) in [5.41, 5.74) is 2.60. The van der Waals surface area contributed by atoms with Gasteiger partial charge in [0.2, 0.25) is 0 Å². The molecular weight excluding hydrogens is 937 g/mol. The van der Waals surface area contributed by atoms with Crippen LogP contribution in [-0.4, -0.2) is 217 Å². The highest BCUT2D eigenvalue weighted by Crippen LogP contribution is 2.69. The van der Waals surface area contributed by atoms with Gasteiger partial charge < -0.3 is 104 Å². The maximum atomic E-state index is 12.0. The Kier molecular flexibility index (Phi) is 16.4. The Hall–Kier alpha value is -1.52. The van der Waals surface area contributed by atoms with E-state index in [4.69, 9.17) is 42.6 Å². The quantitative estimate of drug-likeness (QED) is 0.0838. The van der Waals surface area contributed by atoms with E-state index < -0.39 is 143 Å². The monoisotopic (exact) mass is 1020 g/mol. The molecule has 0 aromatic heterocycles. The highest BCUT2D eigenvalue weighted by Gasteiger charge is 2.64. The lowest BCUT2D eigenvalue weighted by Gasteiger charge is -2.58. The fourth-order valence-electron chi connectivity index (χ4n) is 14.3. The molecule has 0 amide bonds. The third-order valence-electron chi connectivity index (χ3n) is 18.5. The van der Waals surface area contributed by atoms with Crippen molar-refractivity contribution in [1.29, 1.82) is 0 Å². The van der Waals surface area contributed by atoms with Crippen LogP contribution in [0.1, 0.15) is 92.4 Å². The van der Waals surface area contributed by atoms with Crippen LogP contribution in [0.25, 0.3) is 0 Å². The van der Waals surface area contributed by atoms with Crippen LogP contribution in [0.5, 0.6) is 0 Å². The zero-order valence-corrected chi connectivity index (χ0v) is 41.3. The first-order valence-corrected chi connectivity index (χ1v) is 25.9. The summed E-state index contributed by atoms with van der Waals surface area (Å²) in [7, 11) is 0. The van der Waals surface area contributed by atoms with E-state index in [0.717, 1.165) is 50.7 Å². The maximum Gasteiger partial charge on any atom is 0.187 e. The van der Waals surface area contributed by atoms with Crippen LogP contribution in [0.15, 0.2) is 23.0 Å². The van der Waals surface area contributed by atoms with Gasteiger partial charge in [0.15, 0.2) is 25.2 Å². The second-order valence-electron chi connectivity index (χ2n) is 22.8. The van der Waals surface area contributed by atoms with Gasteiger partial charge in [-0.25, -0.2) is 0 Å². The first-order chi connectivity index (χ1) is 33.7. The number of fused-ring (bicyclic) bond motifs is 7. The topological polar surface area (TPSA) is 326 Å². The number of hydrogen-bond donors (Lipinski definition) is 12. The molecule has 5 aliphatic heterocycles. The van der Waals surface area contributed by atoms with E-state index in [2.05, 4.69) is 26.8 Å². The van der Waals surface area contributed by atoms with Crippen molar-refractivity contribution in [3.8, 4) is 0 Å². The van der Waals surface area contributed by atoms with Crippen LogP contribution >= 0.6 is 0 Å². The summed E-state index contributed by atoms with van der Waals surface area (Å²) in [5.74, 6) is 2.81. The van der Waals surface area contributed by atoms with Gasteiger partial charge >= 0.3 is 0 Å². The van der Waals surface area contributed by atoms with E-state index in [-0.39, 0.29) is 29.5 Å². The number of allylic oxidation sites excluding steroid dienone is 2. The van der Waals surface area contributed by atoms with E-state index >= 15 is 0 Å². The second-order valence-corrected chi connectivity index (χ2v) is 22.8. The SMILES string of the molecule is CC1=C(CC[C@@H](C)CO[C@@H]2O[C@H](CO)[C@@H](O)[C@H](O)[C@H]2O)O[C@H]2C[C@H]3[C@@H]4CC=C5C[C@@H](O[C@@H]6O[C@H](CO)[C@@H](O[C@@H]7O[C@@H](CO)[C@H](O)[C@H]7O)[C@H](O)[C@H]6O[C@@H]6O[C@@H](C)[C@H](O)[C@@H](O)[C@H]6O)CC[C@]5(C)[C@H]4CC[C@]3(C)[C@@H]12. The first-order valence-electron chi connectivity index (χ1n) is 25.9. The van der Waals surface area contributed by atoms with Gasteiger partial charge in [0.25, 0.3) is 0 Å². The van der Waals surface area contributed by atoms with E-state index in [1.54, 1.807) is 0 Å². The Labute approximate surface area is 414 Å². The van der Waals surface area contributed by atoms with Gasteiger partial charge in [-0.2, -0.15) is 0 Å². The zero-order valence-electron chi connectivity index (χ0n) is 41.3. The van der Waals surface area contributed by atoms with Gasteiger partial charge in [-0.05, 0) is 105 Å². The molecule has 0 radical (unpaired) electrons. The van der Waals surface area contributed by atoms with Crippen LogP contribution < -0.4 is 0 Å². The molecule has 9 aliphatic rings. The molecule has 0 aromatic rings. The second kappa shape index (κ2) is 21.5. The lowest BCUT2D eigenvalue weighted by molar-refractivity contribution is -0.380. The molecular formula is C50H80O21. The van der Waals surface area contributed by atoms with Crippen molar-refractivity contribution >= 4 is 0 Å². The third-order valence-corrected chi connectivity index (χ3v) is 18.5. The summed E-state index contributed by atoms with van der Waals surface area (Å²) in [6.07, 6.45) is -17.2. The number of aliphatic hydroxyl groups excluding tert-OH is 12. The molecule has 21 nitrogen and oxygen atoms in total. The lowest BCUT2D eigenvalue weighted by Crippen LogP contribution is -2.65. The van der Waals surface area contributed by atoms with Crippen molar-refractivity contribution in [3.63, 3.8) is 0 Å². The van der Waals surface area contributed by atoms with E-state index in [0.29, 0.717) is 36.5 Å². The smallest absolute Gasteiger partial charge is 0.187 e.